The fourth-order valence-corrected chi connectivity index (χ4v) is 6.78. The van der Waals surface area contributed by atoms with E-state index in [9.17, 15) is 14.3 Å². The largest absolute Gasteiger partial charge is 0.414 e. The van der Waals surface area contributed by atoms with Gasteiger partial charge in [0.15, 0.2) is 0 Å². The molecule has 0 unspecified atom stereocenters. The molecule has 0 radical (unpaired) electrons. The summed E-state index contributed by atoms with van der Waals surface area (Å²) < 4.78 is 22.1. The fraction of sp³-hybridized carbons (Fsp3) is 0.484. The molecule has 3 aliphatic rings. The quantitative estimate of drug-likeness (QED) is 0.388. The van der Waals surface area contributed by atoms with Crippen molar-refractivity contribution in [1.29, 1.82) is 0 Å². The molecule has 0 saturated heterocycles. The molecule has 0 spiro atoms. The van der Waals surface area contributed by atoms with E-state index in [1.807, 2.05) is 30.3 Å². The Balaban J connectivity index is 1.30. The standard InChI is InChI=1S/C31H36FN3O3/c32-23-12-8-9-20(18-23)17-22-11-5-7-16-26-29(22)35(24-13-2-1-3-14-24)34-30(26)38-31(37)33-28-25-15-6-4-10-21(25)19-27(28)36/h4,6,8-10,12,15,18,22,24,27-28,36H,1-3,5,7,11,13-14,16-17,19H2,(H,33,37)/t22-,27-,28+/m0/s1. The van der Waals surface area contributed by atoms with E-state index >= 15 is 0 Å². The van der Waals surface area contributed by atoms with E-state index in [0.717, 1.165) is 72.9 Å². The summed E-state index contributed by atoms with van der Waals surface area (Å²) in [5.41, 5.74) is 5.12. The number of aromatic nitrogens is 2. The van der Waals surface area contributed by atoms with Gasteiger partial charge in [0.05, 0.1) is 18.2 Å². The number of aliphatic hydroxyl groups excluding tert-OH is 1. The van der Waals surface area contributed by atoms with Gasteiger partial charge in [-0.2, -0.15) is 0 Å². The molecule has 6 nitrogen and oxygen atoms in total. The van der Waals surface area contributed by atoms with Crippen LogP contribution in [0.15, 0.2) is 48.5 Å². The van der Waals surface area contributed by atoms with Crippen LogP contribution in [0.25, 0.3) is 0 Å². The van der Waals surface area contributed by atoms with Crippen LogP contribution in [0.4, 0.5) is 9.18 Å². The second-order valence-electron chi connectivity index (χ2n) is 11.2. The number of halogens is 1. The Bertz CT molecular complexity index is 1300. The minimum absolute atomic E-state index is 0.188. The molecule has 1 aromatic heterocycles. The zero-order valence-electron chi connectivity index (χ0n) is 21.7. The molecule has 1 saturated carbocycles. The average molecular weight is 518 g/mol. The number of ether oxygens (including phenoxy) is 1. The van der Waals surface area contributed by atoms with Gasteiger partial charge in [-0.25, -0.2) is 9.18 Å². The second-order valence-corrected chi connectivity index (χ2v) is 11.2. The van der Waals surface area contributed by atoms with Crippen molar-refractivity contribution in [1.82, 2.24) is 15.1 Å². The Labute approximate surface area is 223 Å². The van der Waals surface area contributed by atoms with Gasteiger partial charge in [-0.3, -0.25) is 4.68 Å². The maximum Gasteiger partial charge on any atom is 0.414 e. The third kappa shape index (κ3) is 5.08. The van der Waals surface area contributed by atoms with Gasteiger partial charge < -0.3 is 15.2 Å². The highest BCUT2D eigenvalue weighted by molar-refractivity contribution is 5.71. The van der Waals surface area contributed by atoms with Gasteiger partial charge in [0.2, 0.25) is 5.88 Å². The average Bonchev–Trinajstić information content (AvgIpc) is 3.34. The van der Waals surface area contributed by atoms with Crippen molar-refractivity contribution in [2.45, 2.75) is 94.7 Å². The maximum absolute atomic E-state index is 14.0. The van der Waals surface area contributed by atoms with E-state index in [1.165, 1.54) is 25.3 Å². The lowest BCUT2D eigenvalue weighted by atomic mass is 9.90. The van der Waals surface area contributed by atoms with Gasteiger partial charge in [-0.1, -0.05) is 62.1 Å². The van der Waals surface area contributed by atoms with Crippen molar-refractivity contribution in [3.05, 3.63) is 82.3 Å². The van der Waals surface area contributed by atoms with E-state index in [0.29, 0.717) is 12.3 Å². The van der Waals surface area contributed by atoms with Crippen molar-refractivity contribution in [3.63, 3.8) is 0 Å². The first-order valence-corrected chi connectivity index (χ1v) is 14.2. The predicted molar refractivity (Wildman–Crippen MR) is 143 cm³/mol. The summed E-state index contributed by atoms with van der Waals surface area (Å²) in [4.78, 5) is 13.2. The number of benzene rings is 2. The van der Waals surface area contributed by atoms with Gasteiger partial charge in [-0.15, -0.1) is 5.10 Å². The van der Waals surface area contributed by atoms with Crippen molar-refractivity contribution in [3.8, 4) is 5.88 Å². The van der Waals surface area contributed by atoms with Crippen molar-refractivity contribution < 1.29 is 19.0 Å². The van der Waals surface area contributed by atoms with Crippen molar-refractivity contribution in [2.75, 3.05) is 0 Å². The zero-order valence-corrected chi connectivity index (χ0v) is 21.7. The molecule has 3 aromatic rings. The van der Waals surface area contributed by atoms with Gasteiger partial charge in [0.1, 0.15) is 5.82 Å². The molecule has 0 bridgehead atoms. The van der Waals surface area contributed by atoms with Crippen LogP contribution in [-0.2, 0) is 19.3 Å². The van der Waals surface area contributed by atoms with Gasteiger partial charge in [0.25, 0.3) is 0 Å². The number of hydrogen-bond donors (Lipinski definition) is 2. The number of carbonyl (C=O) groups excluding carboxylic acids is 1. The Morgan fingerprint density at radius 3 is 2.71 bits per heavy atom. The number of amides is 1. The topological polar surface area (TPSA) is 76.4 Å². The Hall–Kier alpha value is -3.19. The number of fused-ring (bicyclic) bond motifs is 2. The van der Waals surface area contributed by atoms with Crippen LogP contribution < -0.4 is 10.1 Å². The van der Waals surface area contributed by atoms with Gasteiger partial charge >= 0.3 is 6.09 Å². The first kappa shape index (κ1) is 25.1. The zero-order chi connectivity index (χ0) is 26.1. The molecule has 6 rings (SSSR count). The molecule has 2 aromatic carbocycles. The Morgan fingerprint density at radius 1 is 1.05 bits per heavy atom. The van der Waals surface area contributed by atoms with E-state index in [-0.39, 0.29) is 17.8 Å². The predicted octanol–water partition coefficient (Wildman–Crippen LogP) is 6.33. The molecule has 1 fully saturated rings. The molecular formula is C31H36FN3O3. The van der Waals surface area contributed by atoms with Crippen LogP contribution in [0.5, 0.6) is 5.88 Å². The van der Waals surface area contributed by atoms with Crippen LogP contribution >= 0.6 is 0 Å². The molecule has 2 N–H and O–H groups in total. The van der Waals surface area contributed by atoms with E-state index < -0.39 is 18.2 Å². The first-order chi connectivity index (χ1) is 18.6. The SMILES string of the molecule is O=C(N[C@@H]1c2ccccc2C[C@@H]1O)Oc1nn(C2CCCCC2)c2c1CCCC[C@H]2Cc1cccc(F)c1. The molecule has 7 heteroatoms. The summed E-state index contributed by atoms with van der Waals surface area (Å²) >= 11 is 0. The molecule has 200 valence electrons. The van der Waals surface area contributed by atoms with Crippen LogP contribution in [0.2, 0.25) is 0 Å². The highest BCUT2D eigenvalue weighted by Gasteiger charge is 2.35. The third-order valence-electron chi connectivity index (χ3n) is 8.59. The number of nitrogens with zero attached hydrogens (tertiary/aromatic N) is 2. The number of hydrogen-bond acceptors (Lipinski definition) is 4. The minimum atomic E-state index is -0.687. The summed E-state index contributed by atoms with van der Waals surface area (Å²) in [7, 11) is 0. The highest BCUT2D eigenvalue weighted by atomic mass is 19.1. The molecule has 1 heterocycles. The van der Waals surface area contributed by atoms with Crippen LogP contribution in [-0.4, -0.2) is 27.1 Å². The Morgan fingerprint density at radius 2 is 1.87 bits per heavy atom. The lowest BCUT2D eigenvalue weighted by Crippen LogP contribution is -2.36. The van der Waals surface area contributed by atoms with Crippen LogP contribution in [0.1, 0.15) is 97.3 Å². The molecule has 1 amide bonds. The van der Waals surface area contributed by atoms with Gasteiger partial charge in [-0.05, 0) is 67.3 Å². The van der Waals surface area contributed by atoms with E-state index in [4.69, 9.17) is 9.84 Å². The van der Waals surface area contributed by atoms with Gasteiger partial charge in [0, 0.05) is 23.6 Å². The number of nitrogens with one attached hydrogen (secondary N) is 1. The van der Waals surface area contributed by atoms with E-state index in [1.54, 1.807) is 12.1 Å². The lowest BCUT2D eigenvalue weighted by molar-refractivity contribution is 0.132. The number of aliphatic hydroxyl groups is 1. The monoisotopic (exact) mass is 517 g/mol. The van der Waals surface area contributed by atoms with Crippen molar-refractivity contribution in [2.24, 2.45) is 0 Å². The summed E-state index contributed by atoms with van der Waals surface area (Å²) in [6, 6.07) is 14.4. The molecule has 38 heavy (non-hydrogen) atoms. The van der Waals surface area contributed by atoms with E-state index in [2.05, 4.69) is 10.00 Å². The summed E-state index contributed by atoms with van der Waals surface area (Å²) in [5.74, 6) is 0.358. The summed E-state index contributed by atoms with van der Waals surface area (Å²) in [6.07, 6.45) is 9.55. The summed E-state index contributed by atoms with van der Waals surface area (Å²) in [6.45, 7) is 0. The fourth-order valence-electron chi connectivity index (χ4n) is 6.78. The minimum Gasteiger partial charge on any atom is -0.390 e. The summed E-state index contributed by atoms with van der Waals surface area (Å²) in [5, 5.41) is 18.4. The Kier molecular flexibility index (Phi) is 7.20. The molecule has 3 atom stereocenters. The third-order valence-corrected chi connectivity index (χ3v) is 8.59. The maximum atomic E-state index is 14.0. The normalized spacial score (nSPS) is 23.4. The molecule has 3 aliphatic carbocycles. The molecule has 0 aliphatic heterocycles. The van der Waals surface area contributed by atoms with Crippen LogP contribution in [0.3, 0.4) is 0 Å². The number of carbonyl (C=O) groups is 1. The second kappa shape index (κ2) is 10.9. The molecular weight excluding hydrogens is 481 g/mol. The lowest BCUT2D eigenvalue weighted by Gasteiger charge is -2.27. The number of rotatable bonds is 5. The smallest absolute Gasteiger partial charge is 0.390 e. The highest BCUT2D eigenvalue weighted by Crippen LogP contribution is 2.41. The van der Waals surface area contributed by atoms with Crippen LogP contribution in [0, 0.1) is 5.82 Å². The van der Waals surface area contributed by atoms with Crippen molar-refractivity contribution >= 4 is 6.09 Å². The first-order valence-electron chi connectivity index (χ1n) is 14.2.